The van der Waals surface area contributed by atoms with E-state index in [-0.39, 0.29) is 18.6 Å². The molecule has 1 unspecified atom stereocenters. The quantitative estimate of drug-likeness (QED) is 0.911. The molecule has 1 atom stereocenters. The Bertz CT molecular complexity index is 457. The molecule has 0 spiro atoms. The molecule has 1 N–H and O–H groups in total. The van der Waals surface area contributed by atoms with Crippen LogP contribution in [-0.2, 0) is 4.74 Å². The second-order valence-electron chi connectivity index (χ2n) is 5.22. The number of aliphatic hydroxyl groups excluding tert-OH is 1. The van der Waals surface area contributed by atoms with Crippen LogP contribution in [0.1, 0.15) is 23.5 Å². The molecule has 2 rings (SSSR count). The average Bonchev–Trinajstić information content (AvgIpc) is 2.84. The molecule has 0 bridgehead atoms. The Hall–Kier alpha value is -1.11. The molecule has 1 aromatic rings. The SMILES string of the molecule is COc1csc(C(=O)N2CC(CO)OC(C)(C)C2)c1. The van der Waals surface area contributed by atoms with E-state index in [0.717, 1.165) is 0 Å². The van der Waals surface area contributed by atoms with Gasteiger partial charge in [-0.2, -0.15) is 0 Å². The number of carbonyl (C=O) groups excluding carboxylic acids is 1. The van der Waals surface area contributed by atoms with Crippen LogP contribution in [0.5, 0.6) is 5.75 Å². The molecule has 6 heteroatoms. The highest BCUT2D eigenvalue weighted by atomic mass is 32.1. The summed E-state index contributed by atoms with van der Waals surface area (Å²) in [5.74, 6) is 0.655. The first-order valence-corrected chi connectivity index (χ1v) is 7.03. The van der Waals surface area contributed by atoms with Crippen molar-refractivity contribution in [2.45, 2.75) is 25.6 Å². The minimum atomic E-state index is -0.442. The average molecular weight is 285 g/mol. The number of thiophene rings is 1. The van der Waals surface area contributed by atoms with Crippen LogP contribution in [0.4, 0.5) is 0 Å². The van der Waals surface area contributed by atoms with Crippen LogP contribution in [0.3, 0.4) is 0 Å². The van der Waals surface area contributed by atoms with Gasteiger partial charge in [-0.1, -0.05) is 0 Å². The Morgan fingerprint density at radius 3 is 3.00 bits per heavy atom. The maximum atomic E-state index is 12.4. The Kier molecular flexibility index (Phi) is 4.13. The van der Waals surface area contributed by atoms with Crippen molar-refractivity contribution < 1.29 is 19.4 Å². The van der Waals surface area contributed by atoms with Crippen LogP contribution >= 0.6 is 11.3 Å². The van der Waals surface area contributed by atoms with Gasteiger partial charge in [-0.25, -0.2) is 0 Å². The molecule has 19 heavy (non-hydrogen) atoms. The Morgan fingerprint density at radius 1 is 1.68 bits per heavy atom. The highest BCUT2D eigenvalue weighted by Crippen LogP contribution is 2.26. The van der Waals surface area contributed by atoms with E-state index in [1.54, 1.807) is 18.1 Å². The highest BCUT2D eigenvalue weighted by molar-refractivity contribution is 7.12. The first-order valence-electron chi connectivity index (χ1n) is 6.15. The number of amides is 1. The molecule has 1 amide bonds. The maximum Gasteiger partial charge on any atom is 0.264 e. The fourth-order valence-electron chi connectivity index (χ4n) is 2.24. The topological polar surface area (TPSA) is 59.0 Å². The number of nitrogens with zero attached hydrogens (tertiary/aromatic N) is 1. The Morgan fingerprint density at radius 2 is 2.42 bits per heavy atom. The summed E-state index contributed by atoms with van der Waals surface area (Å²) in [6.07, 6.45) is -0.324. The Balaban J connectivity index is 2.13. The molecule has 2 heterocycles. The lowest BCUT2D eigenvalue weighted by Crippen LogP contribution is -2.55. The summed E-state index contributed by atoms with van der Waals surface area (Å²) in [5.41, 5.74) is -0.442. The monoisotopic (exact) mass is 285 g/mol. The molecule has 0 aliphatic carbocycles. The van der Waals surface area contributed by atoms with Gasteiger partial charge in [0, 0.05) is 24.5 Å². The molecule has 5 nitrogen and oxygen atoms in total. The molecule has 0 radical (unpaired) electrons. The van der Waals surface area contributed by atoms with Gasteiger partial charge < -0.3 is 19.5 Å². The van der Waals surface area contributed by atoms with E-state index in [1.165, 1.54) is 11.3 Å². The summed E-state index contributed by atoms with van der Waals surface area (Å²) in [7, 11) is 1.58. The van der Waals surface area contributed by atoms with Gasteiger partial charge in [0.15, 0.2) is 0 Å². The van der Waals surface area contributed by atoms with E-state index in [2.05, 4.69) is 0 Å². The van der Waals surface area contributed by atoms with Gasteiger partial charge in [0.1, 0.15) is 5.75 Å². The number of methoxy groups -OCH3 is 1. The maximum absolute atomic E-state index is 12.4. The molecule has 1 aliphatic heterocycles. The van der Waals surface area contributed by atoms with Gasteiger partial charge in [0.05, 0.1) is 30.3 Å². The summed E-state index contributed by atoms with van der Waals surface area (Å²) in [6, 6.07) is 1.74. The summed E-state index contributed by atoms with van der Waals surface area (Å²) in [6.45, 7) is 4.69. The third-order valence-electron chi connectivity index (χ3n) is 2.99. The van der Waals surface area contributed by atoms with Gasteiger partial charge in [-0.15, -0.1) is 11.3 Å². The lowest BCUT2D eigenvalue weighted by atomic mass is 10.1. The summed E-state index contributed by atoms with van der Waals surface area (Å²) in [4.78, 5) is 14.8. The summed E-state index contributed by atoms with van der Waals surface area (Å²) >= 11 is 1.37. The van der Waals surface area contributed by atoms with Gasteiger partial charge in [0.2, 0.25) is 0 Å². The first-order chi connectivity index (χ1) is 8.95. The number of ether oxygens (including phenoxy) is 2. The predicted octanol–water partition coefficient (Wildman–Crippen LogP) is 1.37. The van der Waals surface area contributed by atoms with Crippen LogP contribution in [0.25, 0.3) is 0 Å². The summed E-state index contributed by atoms with van der Waals surface area (Å²) in [5, 5.41) is 11.1. The zero-order valence-electron chi connectivity index (χ0n) is 11.4. The van der Waals surface area contributed by atoms with E-state index in [4.69, 9.17) is 9.47 Å². The predicted molar refractivity (Wildman–Crippen MR) is 72.8 cm³/mol. The third kappa shape index (κ3) is 3.26. The molecule has 0 saturated carbocycles. The van der Waals surface area contributed by atoms with Gasteiger partial charge in [-0.05, 0) is 13.8 Å². The number of morpholine rings is 1. The minimum absolute atomic E-state index is 0.0388. The molecule has 0 aromatic carbocycles. The molecule has 1 aromatic heterocycles. The molecule has 1 aliphatic rings. The second kappa shape index (κ2) is 5.48. The van der Waals surface area contributed by atoms with Crippen molar-refractivity contribution in [1.29, 1.82) is 0 Å². The van der Waals surface area contributed by atoms with Gasteiger partial charge in [-0.3, -0.25) is 4.79 Å². The molecule has 1 saturated heterocycles. The van der Waals surface area contributed by atoms with E-state index in [9.17, 15) is 9.90 Å². The van der Waals surface area contributed by atoms with Crippen LogP contribution in [0, 0.1) is 0 Å². The van der Waals surface area contributed by atoms with Crippen LogP contribution < -0.4 is 4.74 Å². The van der Waals surface area contributed by atoms with Crippen LogP contribution in [-0.4, -0.2) is 54.4 Å². The van der Waals surface area contributed by atoms with Crippen molar-refractivity contribution in [2.75, 3.05) is 26.8 Å². The fraction of sp³-hybridized carbons (Fsp3) is 0.615. The molecular weight excluding hydrogens is 266 g/mol. The normalized spacial score (nSPS) is 22.3. The largest absolute Gasteiger partial charge is 0.496 e. The zero-order chi connectivity index (χ0) is 14.0. The number of aliphatic hydroxyl groups is 1. The highest BCUT2D eigenvalue weighted by Gasteiger charge is 2.35. The summed E-state index contributed by atoms with van der Waals surface area (Å²) < 4.78 is 10.8. The van der Waals surface area contributed by atoms with Gasteiger partial charge >= 0.3 is 0 Å². The van der Waals surface area contributed by atoms with E-state index in [0.29, 0.717) is 23.7 Å². The lowest BCUT2D eigenvalue weighted by molar-refractivity contribution is -0.139. The van der Waals surface area contributed by atoms with E-state index in [1.807, 2.05) is 19.2 Å². The number of hydrogen-bond donors (Lipinski definition) is 1. The van der Waals surface area contributed by atoms with Crippen molar-refractivity contribution >= 4 is 17.2 Å². The van der Waals surface area contributed by atoms with E-state index >= 15 is 0 Å². The smallest absolute Gasteiger partial charge is 0.264 e. The van der Waals surface area contributed by atoms with Crippen molar-refractivity contribution in [3.8, 4) is 5.75 Å². The number of carbonyl (C=O) groups is 1. The standard InChI is InChI=1S/C13H19NO4S/c1-13(2)8-14(5-10(6-15)18-13)12(16)11-4-9(17-3)7-19-11/h4,7,10,15H,5-6,8H2,1-3H3. The van der Waals surface area contributed by atoms with Crippen molar-refractivity contribution in [2.24, 2.45) is 0 Å². The van der Waals surface area contributed by atoms with Crippen molar-refractivity contribution in [1.82, 2.24) is 4.90 Å². The van der Waals surface area contributed by atoms with Gasteiger partial charge in [0.25, 0.3) is 5.91 Å². The second-order valence-corrected chi connectivity index (χ2v) is 6.13. The van der Waals surface area contributed by atoms with Crippen molar-refractivity contribution in [3.63, 3.8) is 0 Å². The zero-order valence-corrected chi connectivity index (χ0v) is 12.2. The first kappa shape index (κ1) is 14.3. The third-order valence-corrected chi connectivity index (χ3v) is 3.89. The minimum Gasteiger partial charge on any atom is -0.496 e. The molecular formula is C13H19NO4S. The van der Waals surface area contributed by atoms with Crippen LogP contribution in [0.15, 0.2) is 11.4 Å². The molecule has 106 valence electrons. The van der Waals surface area contributed by atoms with Crippen LogP contribution in [0.2, 0.25) is 0 Å². The Labute approximate surface area is 116 Å². The van der Waals surface area contributed by atoms with E-state index < -0.39 is 5.60 Å². The molecule has 1 fully saturated rings. The number of rotatable bonds is 3. The lowest BCUT2D eigenvalue weighted by Gasteiger charge is -2.42. The van der Waals surface area contributed by atoms with Crippen molar-refractivity contribution in [3.05, 3.63) is 16.3 Å². The number of hydrogen-bond acceptors (Lipinski definition) is 5. The fourth-order valence-corrected chi connectivity index (χ4v) is 3.06.